The predicted molar refractivity (Wildman–Crippen MR) is 114 cm³/mol. The van der Waals surface area contributed by atoms with Gasteiger partial charge in [-0.05, 0) is 31.0 Å². The van der Waals surface area contributed by atoms with E-state index in [4.69, 9.17) is 4.74 Å². The Hall–Kier alpha value is -2.83. The van der Waals surface area contributed by atoms with Crippen molar-refractivity contribution in [2.24, 2.45) is 0 Å². The Kier molecular flexibility index (Phi) is 5.77. The number of fused-ring (bicyclic) bond motifs is 1. The van der Waals surface area contributed by atoms with E-state index in [1.165, 1.54) is 13.2 Å². The Morgan fingerprint density at radius 1 is 1.25 bits per heavy atom. The first-order valence-corrected chi connectivity index (χ1v) is 11.6. The van der Waals surface area contributed by atoms with E-state index < -0.39 is 28.4 Å². The molecule has 0 spiro atoms. The standard InChI is InChI=1S/C20H21F3N4O4S/c1-31-17-10-15-12(11-27(26-15)13-5-7-32(29,30)8-6-13)9-16(17)25-19(28)14-3-2-4-18(24-14)20(21,22)23/h2-4,9-11,13,29-30H,5-8H2,1H3,(H,25,28). The van der Waals surface area contributed by atoms with Gasteiger partial charge < -0.3 is 10.1 Å². The molecular weight excluding hydrogens is 449 g/mol. The van der Waals surface area contributed by atoms with Gasteiger partial charge in [0.05, 0.1) is 24.4 Å². The molecule has 1 aromatic carbocycles. The topological polar surface area (TPSA) is 110 Å². The lowest BCUT2D eigenvalue weighted by Gasteiger charge is -2.39. The number of rotatable bonds is 4. The summed E-state index contributed by atoms with van der Waals surface area (Å²) in [6, 6.07) is 6.37. The number of methoxy groups -OCH3 is 1. The second kappa shape index (κ2) is 8.26. The van der Waals surface area contributed by atoms with Crippen LogP contribution in [0.15, 0.2) is 36.5 Å². The van der Waals surface area contributed by atoms with Crippen LogP contribution < -0.4 is 10.1 Å². The van der Waals surface area contributed by atoms with Crippen LogP contribution in [0, 0.1) is 0 Å². The number of carbonyl (C=O) groups is 1. The number of anilines is 1. The molecule has 3 N–H and O–H groups in total. The highest BCUT2D eigenvalue weighted by Gasteiger charge is 2.33. The van der Waals surface area contributed by atoms with Crippen LogP contribution in [0.2, 0.25) is 0 Å². The molecule has 1 amide bonds. The molecule has 172 valence electrons. The van der Waals surface area contributed by atoms with Crippen molar-refractivity contribution in [1.82, 2.24) is 14.8 Å². The SMILES string of the molecule is COc1cc2nn(C3CCS(O)(O)CC3)cc2cc1NC(=O)c1cccc(C(F)(F)F)n1. The fourth-order valence-corrected chi connectivity index (χ4v) is 5.09. The number of ether oxygens (including phenoxy) is 1. The summed E-state index contributed by atoms with van der Waals surface area (Å²) in [6.45, 7) is 0. The van der Waals surface area contributed by atoms with Crippen molar-refractivity contribution >= 4 is 33.1 Å². The lowest BCUT2D eigenvalue weighted by molar-refractivity contribution is -0.141. The Morgan fingerprint density at radius 2 is 1.97 bits per heavy atom. The molecule has 0 atom stereocenters. The molecule has 32 heavy (non-hydrogen) atoms. The molecule has 0 saturated carbocycles. The molecule has 12 heteroatoms. The fraction of sp³-hybridized carbons (Fsp3) is 0.350. The number of nitrogens with one attached hydrogen (secondary N) is 1. The highest BCUT2D eigenvalue weighted by molar-refractivity contribution is 8.24. The van der Waals surface area contributed by atoms with Crippen LogP contribution in [-0.2, 0) is 6.18 Å². The number of aromatic nitrogens is 3. The van der Waals surface area contributed by atoms with Crippen LogP contribution in [0.3, 0.4) is 0 Å². The largest absolute Gasteiger partial charge is 0.494 e. The number of hydrogen-bond donors (Lipinski definition) is 3. The summed E-state index contributed by atoms with van der Waals surface area (Å²) in [6.07, 6.45) is -1.71. The quantitative estimate of drug-likeness (QED) is 0.506. The minimum absolute atomic E-state index is 0.0145. The molecule has 3 aromatic rings. The number of carbonyl (C=O) groups excluding carboxylic acids is 1. The molecule has 0 aliphatic carbocycles. The lowest BCUT2D eigenvalue weighted by atomic mass is 10.1. The van der Waals surface area contributed by atoms with Gasteiger partial charge in [0, 0.05) is 29.2 Å². The first-order valence-electron chi connectivity index (χ1n) is 9.72. The van der Waals surface area contributed by atoms with Gasteiger partial charge in [-0.25, -0.2) is 4.98 Å². The van der Waals surface area contributed by atoms with Crippen molar-refractivity contribution in [3.05, 3.63) is 47.9 Å². The summed E-state index contributed by atoms with van der Waals surface area (Å²) >= 11 is 0. The monoisotopic (exact) mass is 470 g/mol. The molecule has 0 unspecified atom stereocenters. The van der Waals surface area contributed by atoms with Crippen molar-refractivity contribution in [1.29, 1.82) is 0 Å². The molecule has 4 rings (SSSR count). The van der Waals surface area contributed by atoms with Gasteiger partial charge in [0.2, 0.25) is 0 Å². The molecule has 1 saturated heterocycles. The maximum Gasteiger partial charge on any atom is 0.433 e. The lowest BCUT2D eigenvalue weighted by Crippen LogP contribution is -2.23. The second-order valence-electron chi connectivity index (χ2n) is 7.52. The van der Waals surface area contributed by atoms with Gasteiger partial charge in [0.1, 0.15) is 17.1 Å². The molecule has 8 nitrogen and oxygen atoms in total. The minimum atomic E-state index is -4.66. The van der Waals surface area contributed by atoms with E-state index in [9.17, 15) is 27.1 Å². The molecule has 2 aromatic heterocycles. The molecule has 1 aliphatic heterocycles. The Labute approximate surface area is 182 Å². The average molecular weight is 470 g/mol. The third-order valence-electron chi connectivity index (χ3n) is 5.29. The normalized spacial score (nSPS) is 17.8. The summed E-state index contributed by atoms with van der Waals surface area (Å²) in [4.78, 5) is 16.0. The number of amides is 1. The molecule has 0 bridgehead atoms. The highest BCUT2D eigenvalue weighted by Crippen LogP contribution is 2.47. The zero-order chi connectivity index (χ0) is 23.1. The number of benzene rings is 1. The molecule has 1 aliphatic rings. The van der Waals surface area contributed by atoms with Gasteiger partial charge in [0.15, 0.2) is 0 Å². The first-order chi connectivity index (χ1) is 15.1. The van der Waals surface area contributed by atoms with E-state index in [1.54, 1.807) is 23.0 Å². The maximum absolute atomic E-state index is 12.9. The maximum atomic E-state index is 12.9. The van der Waals surface area contributed by atoms with E-state index in [0.717, 1.165) is 12.1 Å². The molecule has 3 heterocycles. The Morgan fingerprint density at radius 3 is 2.62 bits per heavy atom. The van der Waals surface area contributed by atoms with Gasteiger partial charge >= 0.3 is 6.18 Å². The smallest absolute Gasteiger partial charge is 0.433 e. The summed E-state index contributed by atoms with van der Waals surface area (Å²) in [5, 5.41) is 7.79. The van der Waals surface area contributed by atoms with Gasteiger partial charge in [-0.2, -0.15) is 28.9 Å². The summed E-state index contributed by atoms with van der Waals surface area (Å²) in [5.74, 6) is 0.130. The number of nitrogens with zero attached hydrogens (tertiary/aromatic N) is 3. The van der Waals surface area contributed by atoms with Crippen molar-refractivity contribution in [3.63, 3.8) is 0 Å². The van der Waals surface area contributed by atoms with Crippen molar-refractivity contribution in [2.45, 2.75) is 25.1 Å². The highest BCUT2D eigenvalue weighted by atomic mass is 32.3. The third-order valence-corrected chi connectivity index (χ3v) is 7.07. The van der Waals surface area contributed by atoms with Crippen LogP contribution in [0.25, 0.3) is 10.9 Å². The zero-order valence-electron chi connectivity index (χ0n) is 17.0. The van der Waals surface area contributed by atoms with Gasteiger partial charge in [-0.1, -0.05) is 6.07 Å². The number of hydrogen-bond acceptors (Lipinski definition) is 6. The number of pyridine rings is 1. The third kappa shape index (κ3) is 4.66. The van der Waals surface area contributed by atoms with E-state index >= 15 is 0 Å². The van der Waals surface area contributed by atoms with Crippen LogP contribution in [0.5, 0.6) is 5.75 Å². The van der Waals surface area contributed by atoms with Gasteiger partial charge in [0.25, 0.3) is 5.91 Å². The van der Waals surface area contributed by atoms with Crippen LogP contribution in [0.4, 0.5) is 18.9 Å². The molecular formula is C20H21F3N4O4S. The van der Waals surface area contributed by atoms with E-state index in [2.05, 4.69) is 15.4 Å². The summed E-state index contributed by atoms with van der Waals surface area (Å²) in [7, 11) is -1.10. The summed E-state index contributed by atoms with van der Waals surface area (Å²) < 4.78 is 65.4. The Balaban J connectivity index is 1.59. The van der Waals surface area contributed by atoms with Crippen molar-refractivity contribution in [2.75, 3.05) is 23.9 Å². The number of halogens is 3. The summed E-state index contributed by atoms with van der Waals surface area (Å²) in [5.41, 5.74) is -0.660. The van der Waals surface area contributed by atoms with Crippen LogP contribution in [-0.4, -0.2) is 48.4 Å². The first kappa shape index (κ1) is 22.4. The van der Waals surface area contributed by atoms with E-state index in [1.807, 2.05) is 0 Å². The Bertz CT molecular complexity index is 1160. The number of alkyl halides is 3. The minimum Gasteiger partial charge on any atom is -0.494 e. The second-order valence-corrected chi connectivity index (χ2v) is 9.94. The van der Waals surface area contributed by atoms with E-state index in [0.29, 0.717) is 41.0 Å². The van der Waals surface area contributed by atoms with Gasteiger partial charge in [-0.3, -0.25) is 18.6 Å². The van der Waals surface area contributed by atoms with Crippen molar-refractivity contribution < 1.29 is 31.8 Å². The van der Waals surface area contributed by atoms with E-state index in [-0.39, 0.29) is 17.4 Å². The fourth-order valence-electron chi connectivity index (χ4n) is 3.59. The van der Waals surface area contributed by atoms with Gasteiger partial charge in [-0.15, -0.1) is 0 Å². The van der Waals surface area contributed by atoms with Crippen molar-refractivity contribution in [3.8, 4) is 5.75 Å². The molecule has 1 fully saturated rings. The van der Waals surface area contributed by atoms with Crippen LogP contribution >= 0.6 is 10.6 Å². The zero-order valence-corrected chi connectivity index (χ0v) is 17.8. The predicted octanol–water partition coefficient (Wildman–Crippen LogP) is 4.80. The average Bonchev–Trinajstić information content (AvgIpc) is 3.15. The molecule has 0 radical (unpaired) electrons. The van der Waals surface area contributed by atoms with Crippen LogP contribution in [0.1, 0.15) is 35.1 Å².